The molecule has 118 valence electrons. The molecule has 0 heterocycles. The first-order chi connectivity index (χ1) is 10.8. The third-order valence-electron chi connectivity index (χ3n) is 3.32. The van der Waals surface area contributed by atoms with Crippen LogP contribution in [0, 0.1) is 0 Å². The number of hydrogen-bond donors (Lipinski definition) is 2. The van der Waals surface area contributed by atoms with E-state index in [1.54, 1.807) is 0 Å². The summed E-state index contributed by atoms with van der Waals surface area (Å²) < 4.78 is 11.0. The van der Waals surface area contributed by atoms with Crippen LogP contribution in [-0.2, 0) is 22.7 Å². The second-order valence-corrected chi connectivity index (χ2v) is 5.09. The van der Waals surface area contributed by atoms with Crippen molar-refractivity contribution >= 4 is 0 Å². The maximum Gasteiger partial charge on any atom is 0.109 e. The molecule has 2 atom stereocenters. The van der Waals surface area contributed by atoms with Gasteiger partial charge in [-0.1, -0.05) is 60.7 Å². The van der Waals surface area contributed by atoms with Crippen molar-refractivity contribution in [2.45, 2.75) is 25.4 Å². The lowest BCUT2D eigenvalue weighted by Gasteiger charge is -2.21. The zero-order valence-electron chi connectivity index (χ0n) is 12.5. The van der Waals surface area contributed by atoms with E-state index < -0.39 is 12.2 Å². The highest BCUT2D eigenvalue weighted by Gasteiger charge is 2.19. The van der Waals surface area contributed by atoms with Crippen LogP contribution >= 0.6 is 0 Å². The Morgan fingerprint density at radius 2 is 1.36 bits per heavy atom. The Balaban J connectivity index is 1.73. The molecular formula is C18H22O4. The number of ether oxygens (including phenoxy) is 2. The van der Waals surface area contributed by atoms with E-state index in [1.807, 2.05) is 60.7 Å². The van der Waals surface area contributed by atoms with Gasteiger partial charge in [-0.3, -0.25) is 0 Å². The van der Waals surface area contributed by atoms with E-state index in [1.165, 1.54) is 0 Å². The smallest absolute Gasteiger partial charge is 0.109 e. The molecule has 0 fully saturated rings. The van der Waals surface area contributed by atoms with Gasteiger partial charge in [-0.15, -0.1) is 0 Å². The molecule has 0 aromatic heterocycles. The Morgan fingerprint density at radius 1 is 0.818 bits per heavy atom. The molecule has 0 radical (unpaired) electrons. The summed E-state index contributed by atoms with van der Waals surface area (Å²) in [6.07, 6.45) is -1.52. The topological polar surface area (TPSA) is 58.9 Å². The van der Waals surface area contributed by atoms with Crippen LogP contribution in [0.5, 0.6) is 0 Å². The van der Waals surface area contributed by atoms with Crippen LogP contribution in [-0.4, -0.2) is 35.6 Å². The Morgan fingerprint density at radius 3 is 1.91 bits per heavy atom. The maximum absolute atomic E-state index is 10.1. The minimum absolute atomic E-state index is 0.120. The zero-order chi connectivity index (χ0) is 15.6. The van der Waals surface area contributed by atoms with Crippen molar-refractivity contribution < 1.29 is 19.7 Å². The Kier molecular flexibility index (Phi) is 7.06. The van der Waals surface area contributed by atoms with E-state index in [0.29, 0.717) is 13.2 Å². The summed E-state index contributed by atoms with van der Waals surface area (Å²) in [6, 6.07) is 19.4. The summed E-state index contributed by atoms with van der Waals surface area (Å²) >= 11 is 0. The van der Waals surface area contributed by atoms with Crippen molar-refractivity contribution in [3.63, 3.8) is 0 Å². The molecule has 2 rings (SSSR count). The summed E-state index contributed by atoms with van der Waals surface area (Å²) in [5.41, 5.74) is 2.04. The first-order valence-corrected chi connectivity index (χ1v) is 7.35. The average Bonchev–Trinajstić information content (AvgIpc) is 2.57. The minimum atomic E-state index is -0.863. The van der Waals surface area contributed by atoms with E-state index in [4.69, 9.17) is 9.47 Å². The van der Waals surface area contributed by atoms with Crippen LogP contribution in [0.2, 0.25) is 0 Å². The molecule has 22 heavy (non-hydrogen) atoms. The van der Waals surface area contributed by atoms with Crippen molar-refractivity contribution in [3.8, 4) is 0 Å². The molecule has 0 unspecified atom stereocenters. The third kappa shape index (κ3) is 5.58. The Hall–Kier alpha value is -1.72. The first-order valence-electron chi connectivity index (χ1n) is 7.35. The van der Waals surface area contributed by atoms with Gasteiger partial charge in [0.15, 0.2) is 0 Å². The molecule has 0 saturated heterocycles. The second kappa shape index (κ2) is 9.33. The molecule has 2 aromatic carbocycles. The number of hydrogen-bond acceptors (Lipinski definition) is 4. The lowest BCUT2D eigenvalue weighted by atomic mass is 10.2. The van der Waals surface area contributed by atoms with Crippen LogP contribution in [0.25, 0.3) is 0 Å². The second-order valence-electron chi connectivity index (χ2n) is 5.09. The first kappa shape index (κ1) is 16.6. The van der Waals surface area contributed by atoms with E-state index in [0.717, 1.165) is 11.1 Å². The van der Waals surface area contributed by atoms with Crippen LogP contribution in [0.15, 0.2) is 60.7 Å². The normalized spacial score (nSPS) is 13.7. The summed E-state index contributed by atoms with van der Waals surface area (Å²) in [6.45, 7) is 0.647. The van der Waals surface area contributed by atoms with Gasteiger partial charge in [0.2, 0.25) is 0 Å². The quantitative estimate of drug-likeness (QED) is 0.745. The van der Waals surface area contributed by atoms with E-state index in [-0.39, 0.29) is 13.2 Å². The lowest BCUT2D eigenvalue weighted by molar-refractivity contribution is -0.0984. The van der Waals surface area contributed by atoms with Crippen molar-refractivity contribution in [3.05, 3.63) is 71.8 Å². The molecule has 0 saturated carbocycles. The fourth-order valence-corrected chi connectivity index (χ4v) is 2.04. The van der Waals surface area contributed by atoms with Crippen LogP contribution in [0.4, 0.5) is 0 Å². The predicted molar refractivity (Wildman–Crippen MR) is 84.2 cm³/mol. The molecule has 2 aromatic rings. The van der Waals surface area contributed by atoms with Crippen LogP contribution < -0.4 is 0 Å². The SMILES string of the molecule is OC[C@H](OCc1ccccc1)[C@H](O)COCc1ccccc1. The standard InChI is InChI=1S/C18H22O4/c19-11-18(22-13-16-9-5-2-6-10-16)17(20)14-21-12-15-7-3-1-4-8-15/h1-10,17-20H,11-14H2/t17-,18+/m1/s1. The maximum atomic E-state index is 10.1. The van der Waals surface area contributed by atoms with E-state index >= 15 is 0 Å². The van der Waals surface area contributed by atoms with E-state index in [2.05, 4.69) is 0 Å². The molecule has 0 aliphatic rings. The van der Waals surface area contributed by atoms with Crippen molar-refractivity contribution in [1.82, 2.24) is 0 Å². The van der Waals surface area contributed by atoms with Gasteiger partial charge in [0.1, 0.15) is 12.2 Å². The summed E-state index contributed by atoms with van der Waals surface area (Å²) in [5.74, 6) is 0. The average molecular weight is 302 g/mol. The summed E-state index contributed by atoms with van der Waals surface area (Å²) in [5, 5.41) is 19.4. The Bertz CT molecular complexity index is 515. The highest BCUT2D eigenvalue weighted by Crippen LogP contribution is 2.08. The minimum Gasteiger partial charge on any atom is -0.394 e. The van der Waals surface area contributed by atoms with Gasteiger partial charge in [-0.2, -0.15) is 0 Å². The predicted octanol–water partition coefficient (Wildman–Crippen LogP) is 2.14. The third-order valence-corrected chi connectivity index (χ3v) is 3.32. The van der Waals surface area contributed by atoms with Crippen molar-refractivity contribution in [1.29, 1.82) is 0 Å². The number of aliphatic hydroxyl groups is 2. The molecule has 0 amide bonds. The van der Waals surface area contributed by atoms with Crippen molar-refractivity contribution in [2.24, 2.45) is 0 Å². The highest BCUT2D eigenvalue weighted by molar-refractivity contribution is 5.14. The largest absolute Gasteiger partial charge is 0.394 e. The van der Waals surface area contributed by atoms with Gasteiger partial charge in [0.05, 0.1) is 26.4 Å². The molecule has 4 nitrogen and oxygen atoms in total. The fraction of sp³-hybridized carbons (Fsp3) is 0.333. The van der Waals surface area contributed by atoms with Gasteiger partial charge in [0.25, 0.3) is 0 Å². The molecule has 4 heteroatoms. The Labute approximate surface area is 130 Å². The van der Waals surface area contributed by atoms with Crippen LogP contribution in [0.1, 0.15) is 11.1 Å². The summed E-state index contributed by atoms with van der Waals surface area (Å²) in [7, 11) is 0. The molecule has 2 N–H and O–H groups in total. The number of aliphatic hydroxyl groups excluding tert-OH is 2. The van der Waals surface area contributed by atoms with Crippen molar-refractivity contribution in [2.75, 3.05) is 13.2 Å². The molecular weight excluding hydrogens is 280 g/mol. The lowest BCUT2D eigenvalue weighted by Crippen LogP contribution is -2.35. The molecule has 0 aliphatic carbocycles. The molecule has 0 bridgehead atoms. The van der Waals surface area contributed by atoms with Gasteiger partial charge < -0.3 is 19.7 Å². The summed E-state index contributed by atoms with van der Waals surface area (Å²) in [4.78, 5) is 0. The molecule has 0 spiro atoms. The number of rotatable bonds is 9. The van der Waals surface area contributed by atoms with Gasteiger partial charge in [-0.25, -0.2) is 0 Å². The van der Waals surface area contributed by atoms with Gasteiger partial charge in [-0.05, 0) is 11.1 Å². The fourth-order valence-electron chi connectivity index (χ4n) is 2.04. The van der Waals surface area contributed by atoms with E-state index in [9.17, 15) is 10.2 Å². The number of benzene rings is 2. The highest BCUT2D eigenvalue weighted by atomic mass is 16.5. The van der Waals surface area contributed by atoms with Gasteiger partial charge >= 0.3 is 0 Å². The zero-order valence-corrected chi connectivity index (χ0v) is 12.5. The van der Waals surface area contributed by atoms with Gasteiger partial charge in [0, 0.05) is 0 Å². The molecule has 0 aliphatic heterocycles. The van der Waals surface area contributed by atoms with Crippen LogP contribution in [0.3, 0.4) is 0 Å². The monoisotopic (exact) mass is 302 g/mol.